The molecule has 1 saturated carbocycles. The van der Waals surface area contributed by atoms with Gasteiger partial charge in [0, 0.05) is 30.2 Å². The van der Waals surface area contributed by atoms with E-state index in [9.17, 15) is 9.18 Å². The summed E-state index contributed by atoms with van der Waals surface area (Å²) < 4.78 is 20.5. The number of aromatic nitrogens is 2. The van der Waals surface area contributed by atoms with Gasteiger partial charge in [0.2, 0.25) is 5.91 Å². The van der Waals surface area contributed by atoms with Crippen molar-refractivity contribution in [3.63, 3.8) is 0 Å². The summed E-state index contributed by atoms with van der Waals surface area (Å²) in [5.41, 5.74) is 3.59. The number of nitrogens with one attached hydrogen (secondary N) is 1. The Hall–Kier alpha value is -2.50. The molecule has 1 amide bonds. The van der Waals surface area contributed by atoms with E-state index in [2.05, 4.69) is 15.3 Å². The Kier molecular flexibility index (Phi) is 5.79. The van der Waals surface area contributed by atoms with Gasteiger partial charge in [0.1, 0.15) is 17.7 Å². The minimum absolute atomic E-state index is 0.0672. The van der Waals surface area contributed by atoms with Crippen molar-refractivity contribution in [3.05, 3.63) is 41.1 Å². The van der Waals surface area contributed by atoms with Crippen molar-refractivity contribution in [1.82, 2.24) is 15.3 Å². The van der Waals surface area contributed by atoms with Crippen molar-refractivity contribution < 1.29 is 13.9 Å². The number of carbonyl (C=O) groups is 1. The fourth-order valence-electron chi connectivity index (χ4n) is 4.41. The quantitative estimate of drug-likeness (QED) is 0.817. The highest BCUT2D eigenvalue weighted by Gasteiger charge is 2.30. The van der Waals surface area contributed by atoms with E-state index in [4.69, 9.17) is 4.74 Å². The zero-order valence-electron chi connectivity index (χ0n) is 17.1. The molecule has 2 aliphatic rings. The average molecular weight is 397 g/mol. The van der Waals surface area contributed by atoms with Crippen LogP contribution in [0.25, 0.3) is 11.3 Å². The fourth-order valence-corrected chi connectivity index (χ4v) is 4.41. The van der Waals surface area contributed by atoms with E-state index in [-0.39, 0.29) is 17.8 Å². The molecule has 154 valence electrons. The summed E-state index contributed by atoms with van der Waals surface area (Å²) in [7, 11) is 0. The first-order chi connectivity index (χ1) is 14.0. The largest absolute Gasteiger partial charge is 0.487 e. The first-order valence-electron chi connectivity index (χ1n) is 10.6. The highest BCUT2D eigenvalue weighted by molar-refractivity contribution is 5.76. The number of hydrogen-bond donors (Lipinski definition) is 1. The second-order valence-electron chi connectivity index (χ2n) is 8.30. The van der Waals surface area contributed by atoms with Crippen LogP contribution in [-0.2, 0) is 11.2 Å². The number of rotatable bonds is 5. The number of amides is 1. The van der Waals surface area contributed by atoms with Crippen molar-refractivity contribution in [1.29, 1.82) is 0 Å². The fraction of sp³-hybridized carbons (Fsp3) is 0.522. The maximum Gasteiger partial charge on any atom is 0.220 e. The molecule has 1 aliphatic heterocycles. The summed E-state index contributed by atoms with van der Waals surface area (Å²) in [5.74, 6) is 0.812. The number of benzene rings is 1. The van der Waals surface area contributed by atoms with Crippen LogP contribution < -0.4 is 10.1 Å². The Balaban J connectivity index is 1.44. The molecular formula is C23H28FN3O2. The van der Waals surface area contributed by atoms with Crippen LogP contribution >= 0.6 is 0 Å². The highest BCUT2D eigenvalue weighted by atomic mass is 19.1. The highest BCUT2D eigenvalue weighted by Crippen LogP contribution is 2.40. The van der Waals surface area contributed by atoms with Crippen molar-refractivity contribution in [2.45, 2.75) is 64.9 Å². The van der Waals surface area contributed by atoms with E-state index in [1.54, 1.807) is 12.3 Å². The van der Waals surface area contributed by atoms with Gasteiger partial charge < -0.3 is 10.1 Å². The van der Waals surface area contributed by atoms with Crippen molar-refractivity contribution >= 4 is 5.91 Å². The van der Waals surface area contributed by atoms with Crippen molar-refractivity contribution in [2.24, 2.45) is 5.92 Å². The Morgan fingerprint density at radius 2 is 2.03 bits per heavy atom. The average Bonchev–Trinajstić information content (AvgIpc) is 3.15. The number of fused-ring (bicyclic) bond motifs is 1. The monoisotopic (exact) mass is 397 g/mol. The van der Waals surface area contributed by atoms with Crippen LogP contribution in [0.2, 0.25) is 0 Å². The molecule has 2 heterocycles. The molecule has 5 nitrogen and oxygen atoms in total. The lowest BCUT2D eigenvalue weighted by molar-refractivity contribution is -0.122. The number of carbonyl (C=O) groups excluding carboxylic acids is 1. The van der Waals surface area contributed by atoms with Gasteiger partial charge in [-0.05, 0) is 44.7 Å². The normalized spacial score (nSPS) is 18.9. The molecule has 0 bridgehead atoms. The molecule has 0 spiro atoms. The van der Waals surface area contributed by atoms with Gasteiger partial charge in [-0.1, -0.05) is 19.3 Å². The molecule has 29 heavy (non-hydrogen) atoms. The maximum atomic E-state index is 14.4. The lowest BCUT2D eigenvalue weighted by Gasteiger charge is -2.21. The van der Waals surface area contributed by atoms with Gasteiger partial charge in [0.05, 0.1) is 23.6 Å². The molecule has 1 fully saturated rings. The number of aryl methyl sites for hydroxylation is 2. The van der Waals surface area contributed by atoms with Gasteiger partial charge in [-0.15, -0.1) is 0 Å². The Morgan fingerprint density at radius 1 is 1.24 bits per heavy atom. The van der Waals surface area contributed by atoms with Crippen molar-refractivity contribution in [2.75, 3.05) is 6.54 Å². The van der Waals surface area contributed by atoms with E-state index in [1.807, 2.05) is 13.8 Å². The van der Waals surface area contributed by atoms with Crippen LogP contribution in [-0.4, -0.2) is 28.5 Å². The molecule has 1 aromatic heterocycles. The first-order valence-corrected chi connectivity index (χ1v) is 10.6. The summed E-state index contributed by atoms with van der Waals surface area (Å²) in [6, 6.07) is 3.17. The molecule has 1 unspecified atom stereocenters. The summed E-state index contributed by atoms with van der Waals surface area (Å²) in [6.07, 6.45) is 8.49. The Bertz CT molecular complexity index is 909. The lowest BCUT2D eigenvalue weighted by Crippen LogP contribution is -2.35. The molecule has 1 atom stereocenters. The van der Waals surface area contributed by atoms with Crippen LogP contribution in [0.1, 0.15) is 55.5 Å². The van der Waals surface area contributed by atoms with E-state index in [0.717, 1.165) is 29.8 Å². The van der Waals surface area contributed by atoms with Gasteiger partial charge in [-0.2, -0.15) is 0 Å². The summed E-state index contributed by atoms with van der Waals surface area (Å²) in [6.45, 7) is 4.15. The number of ether oxygens (including phenoxy) is 1. The lowest BCUT2D eigenvalue weighted by atomic mass is 9.87. The molecule has 4 rings (SSSR count). The van der Waals surface area contributed by atoms with Gasteiger partial charge in [0.25, 0.3) is 0 Å². The Morgan fingerprint density at radius 3 is 2.83 bits per heavy atom. The minimum atomic E-state index is -0.280. The zero-order valence-corrected chi connectivity index (χ0v) is 17.1. The van der Waals surface area contributed by atoms with Gasteiger partial charge >= 0.3 is 0 Å². The second kappa shape index (κ2) is 8.47. The smallest absolute Gasteiger partial charge is 0.220 e. The summed E-state index contributed by atoms with van der Waals surface area (Å²) >= 11 is 0. The van der Waals surface area contributed by atoms with E-state index >= 15 is 0 Å². The molecular weight excluding hydrogens is 369 g/mol. The maximum absolute atomic E-state index is 14.4. The molecule has 1 N–H and O–H groups in total. The summed E-state index contributed by atoms with van der Waals surface area (Å²) in [4.78, 5) is 21.3. The van der Waals surface area contributed by atoms with Crippen LogP contribution in [0.15, 0.2) is 18.3 Å². The number of hydrogen-bond acceptors (Lipinski definition) is 4. The molecule has 2 aromatic rings. The molecule has 1 aliphatic carbocycles. The standard InChI is InChI=1S/C23H28FN3O2/c1-14-12-25-15(2)22(27-14)18-8-9-20(24)19-11-17(29-23(18)19)13-26-21(28)10-16-6-4-3-5-7-16/h8-9,12,16-17H,3-7,10-11,13H2,1-2H3,(H,26,28). The van der Waals surface area contributed by atoms with Gasteiger partial charge in [0.15, 0.2) is 0 Å². The van der Waals surface area contributed by atoms with Crippen molar-refractivity contribution in [3.8, 4) is 17.0 Å². The third-order valence-corrected chi connectivity index (χ3v) is 5.98. The number of halogens is 1. The molecule has 6 heteroatoms. The Labute approximate surface area is 171 Å². The predicted octanol–water partition coefficient (Wildman–Crippen LogP) is 4.29. The SMILES string of the molecule is Cc1cnc(C)c(-c2ccc(F)c3c2OC(CNC(=O)CC2CCCCC2)C3)n1. The van der Waals surface area contributed by atoms with E-state index < -0.39 is 0 Å². The summed E-state index contributed by atoms with van der Waals surface area (Å²) in [5, 5.41) is 2.99. The van der Waals surface area contributed by atoms with Gasteiger partial charge in [-0.3, -0.25) is 9.78 Å². The zero-order chi connectivity index (χ0) is 20.4. The predicted molar refractivity (Wildman–Crippen MR) is 109 cm³/mol. The molecule has 1 aromatic carbocycles. The minimum Gasteiger partial charge on any atom is -0.487 e. The van der Waals surface area contributed by atoms with E-state index in [0.29, 0.717) is 42.3 Å². The van der Waals surface area contributed by atoms with Crippen LogP contribution in [0, 0.1) is 25.6 Å². The first kappa shape index (κ1) is 19.8. The third kappa shape index (κ3) is 4.41. The van der Waals surface area contributed by atoms with Crippen LogP contribution in [0.3, 0.4) is 0 Å². The second-order valence-corrected chi connectivity index (χ2v) is 8.30. The van der Waals surface area contributed by atoms with Crippen LogP contribution in [0.4, 0.5) is 4.39 Å². The topological polar surface area (TPSA) is 64.1 Å². The number of nitrogens with zero attached hydrogens (tertiary/aromatic N) is 2. The van der Waals surface area contributed by atoms with Crippen LogP contribution in [0.5, 0.6) is 5.75 Å². The van der Waals surface area contributed by atoms with E-state index in [1.165, 1.54) is 25.3 Å². The molecule has 0 saturated heterocycles. The molecule has 0 radical (unpaired) electrons. The third-order valence-electron chi connectivity index (χ3n) is 5.98. The van der Waals surface area contributed by atoms with Gasteiger partial charge in [-0.25, -0.2) is 9.37 Å².